The second-order valence-corrected chi connectivity index (χ2v) is 4.79. The molecule has 0 saturated heterocycles. The summed E-state index contributed by atoms with van der Waals surface area (Å²) in [5, 5.41) is 12.6. The fraction of sp³-hybridized carbons (Fsp3) is 0.385. The van der Waals surface area contributed by atoms with Gasteiger partial charge in [0.05, 0.1) is 18.5 Å². The lowest BCUT2D eigenvalue weighted by Crippen LogP contribution is -2.58. The van der Waals surface area contributed by atoms with E-state index in [9.17, 15) is 14.7 Å². The molecule has 0 aliphatic rings. The highest BCUT2D eigenvalue weighted by Crippen LogP contribution is 2.33. The van der Waals surface area contributed by atoms with E-state index in [0.717, 1.165) is 7.11 Å². The second-order valence-electron chi connectivity index (χ2n) is 3.88. The predicted octanol–water partition coefficient (Wildman–Crippen LogP) is 1.73. The number of benzene rings is 1. The zero-order valence-corrected chi connectivity index (χ0v) is 12.7. The average molecular weight is 346 g/mol. The summed E-state index contributed by atoms with van der Waals surface area (Å²) in [7, 11) is 1.13. The van der Waals surface area contributed by atoms with Crippen molar-refractivity contribution in [3.8, 4) is 0 Å². The third kappa shape index (κ3) is 3.71. The number of hydrogen-bond acceptors (Lipinski definition) is 5. The predicted molar refractivity (Wildman–Crippen MR) is 75.2 cm³/mol. The van der Waals surface area contributed by atoms with Gasteiger partial charge in [0.15, 0.2) is 0 Å². The van der Waals surface area contributed by atoms with Gasteiger partial charge in [-0.15, -0.1) is 0 Å². The van der Waals surface area contributed by atoms with Gasteiger partial charge in [-0.1, -0.05) is 46.3 Å². The number of ether oxygens (including phenoxy) is 2. The van der Waals surface area contributed by atoms with Crippen LogP contribution in [0.1, 0.15) is 17.3 Å². The Morgan fingerprint density at radius 1 is 1.40 bits per heavy atom. The zero-order valence-electron chi connectivity index (χ0n) is 11.1. The fourth-order valence-electron chi connectivity index (χ4n) is 1.53. The van der Waals surface area contributed by atoms with Crippen LogP contribution in [0.3, 0.4) is 0 Å². The third-order valence-corrected chi connectivity index (χ3v) is 3.71. The molecule has 20 heavy (non-hydrogen) atoms. The van der Waals surface area contributed by atoms with Crippen LogP contribution in [0, 0.1) is 0 Å². The number of amides is 1. The monoisotopic (exact) mass is 345 g/mol. The molecule has 1 aromatic rings. The Balaban J connectivity index is 3.09. The van der Waals surface area contributed by atoms with Gasteiger partial charge in [0.1, 0.15) is 0 Å². The number of hydrogen-bond donors (Lipinski definition) is 2. The number of rotatable bonds is 5. The van der Waals surface area contributed by atoms with Crippen LogP contribution in [0.15, 0.2) is 30.3 Å². The molecule has 2 atom stereocenters. The van der Waals surface area contributed by atoms with Crippen molar-refractivity contribution >= 4 is 28.0 Å². The molecule has 0 fully saturated rings. The number of methoxy groups -OCH3 is 1. The van der Waals surface area contributed by atoms with E-state index in [4.69, 9.17) is 4.74 Å². The minimum atomic E-state index is -2.27. The summed E-state index contributed by atoms with van der Waals surface area (Å²) in [6, 6.07) is 8.67. The highest BCUT2D eigenvalue weighted by Gasteiger charge is 2.47. The van der Waals surface area contributed by atoms with Gasteiger partial charge in [0.25, 0.3) is 5.72 Å². The molecule has 0 radical (unpaired) electrons. The summed E-state index contributed by atoms with van der Waals surface area (Å²) in [6.07, 6.45) is -0.944. The number of nitrogens with one attached hydrogen (secondary N) is 1. The van der Waals surface area contributed by atoms with Crippen molar-refractivity contribution in [2.75, 3.05) is 13.7 Å². The maximum atomic E-state index is 12.0. The Morgan fingerprint density at radius 2 is 2.00 bits per heavy atom. The largest absolute Gasteiger partial charge is 0.462 e. The fourth-order valence-corrected chi connectivity index (χ4v) is 2.14. The van der Waals surface area contributed by atoms with E-state index < -0.39 is 22.6 Å². The van der Waals surface area contributed by atoms with Crippen LogP contribution < -0.4 is 5.32 Å². The summed E-state index contributed by atoms with van der Waals surface area (Å²) >= 11 is 3.22. The van der Waals surface area contributed by atoms with Crippen LogP contribution in [-0.4, -0.2) is 36.6 Å². The Hall–Kier alpha value is -1.60. The molecule has 0 bridgehead atoms. The van der Waals surface area contributed by atoms with Gasteiger partial charge >= 0.3 is 12.1 Å². The summed E-state index contributed by atoms with van der Waals surface area (Å²) in [4.78, 5) is 22.4. The maximum Gasteiger partial charge on any atom is 0.409 e. The Kier molecular flexibility index (Phi) is 5.97. The first-order valence-electron chi connectivity index (χ1n) is 5.90. The van der Waals surface area contributed by atoms with Crippen LogP contribution in [0.2, 0.25) is 0 Å². The summed E-state index contributed by atoms with van der Waals surface area (Å²) in [5.74, 6) is -0.976. The number of aliphatic hydroxyl groups is 1. The van der Waals surface area contributed by atoms with Crippen molar-refractivity contribution in [2.45, 2.75) is 17.5 Å². The molecule has 0 spiro atoms. The lowest BCUT2D eigenvalue weighted by Gasteiger charge is -2.30. The van der Waals surface area contributed by atoms with Crippen molar-refractivity contribution in [1.29, 1.82) is 0 Å². The van der Waals surface area contributed by atoms with Gasteiger partial charge in [0.2, 0.25) is 0 Å². The van der Waals surface area contributed by atoms with Gasteiger partial charge < -0.3 is 14.6 Å². The van der Waals surface area contributed by atoms with E-state index in [1.165, 1.54) is 0 Å². The molecule has 2 N–H and O–H groups in total. The maximum absolute atomic E-state index is 12.0. The topological polar surface area (TPSA) is 84.9 Å². The van der Waals surface area contributed by atoms with Gasteiger partial charge in [-0.3, -0.25) is 5.32 Å². The molecular weight excluding hydrogens is 330 g/mol. The number of esters is 1. The summed E-state index contributed by atoms with van der Waals surface area (Å²) < 4.78 is 9.23. The third-order valence-electron chi connectivity index (χ3n) is 2.52. The molecule has 1 amide bonds. The smallest absolute Gasteiger partial charge is 0.409 e. The van der Waals surface area contributed by atoms with E-state index in [2.05, 4.69) is 26.0 Å². The molecule has 110 valence electrons. The van der Waals surface area contributed by atoms with E-state index in [-0.39, 0.29) is 6.61 Å². The lowest BCUT2D eigenvalue weighted by molar-refractivity contribution is -0.168. The standard InChI is InChI=1S/C13H16BrNO5/c1-3-20-11(16)13(18,15-12(17)19-2)10(14)9-7-5-4-6-8-9/h4-8,10,18H,3H2,1-2H3,(H,15,17). The van der Waals surface area contributed by atoms with Crippen molar-refractivity contribution in [3.05, 3.63) is 35.9 Å². The quantitative estimate of drug-likeness (QED) is 0.482. The van der Waals surface area contributed by atoms with Crippen LogP contribution >= 0.6 is 15.9 Å². The molecule has 0 aromatic heterocycles. The SMILES string of the molecule is CCOC(=O)C(O)(NC(=O)OC)C(Br)c1ccccc1. The highest BCUT2D eigenvalue weighted by molar-refractivity contribution is 9.09. The number of alkyl carbamates (subject to hydrolysis) is 1. The first-order valence-corrected chi connectivity index (χ1v) is 6.82. The molecular formula is C13H16BrNO5. The van der Waals surface area contributed by atoms with Crippen molar-refractivity contribution in [3.63, 3.8) is 0 Å². The van der Waals surface area contributed by atoms with Crippen LogP contribution in [0.5, 0.6) is 0 Å². The minimum absolute atomic E-state index is 0.0680. The summed E-state index contributed by atoms with van der Waals surface area (Å²) in [5.41, 5.74) is -1.68. The second kappa shape index (κ2) is 7.25. The normalized spacial score (nSPS) is 14.8. The molecule has 1 rings (SSSR count). The first kappa shape index (κ1) is 16.5. The molecule has 0 aliphatic carbocycles. The zero-order chi connectivity index (χ0) is 15.2. The number of carbonyl (C=O) groups is 2. The molecule has 0 aliphatic heterocycles. The van der Waals surface area contributed by atoms with Crippen molar-refractivity contribution in [2.24, 2.45) is 0 Å². The molecule has 2 unspecified atom stereocenters. The molecule has 6 nitrogen and oxygen atoms in total. The van der Waals surface area contributed by atoms with E-state index in [0.29, 0.717) is 5.56 Å². The number of alkyl halides is 1. The van der Waals surface area contributed by atoms with E-state index in [1.54, 1.807) is 37.3 Å². The molecule has 7 heteroatoms. The van der Waals surface area contributed by atoms with Crippen molar-refractivity contribution < 1.29 is 24.2 Å². The Labute approximate surface area is 125 Å². The number of halogens is 1. The first-order chi connectivity index (χ1) is 9.45. The van der Waals surface area contributed by atoms with Crippen LogP contribution in [0.25, 0.3) is 0 Å². The Bertz CT molecular complexity index is 467. The molecule has 0 saturated carbocycles. The molecule has 1 aromatic carbocycles. The van der Waals surface area contributed by atoms with Crippen LogP contribution in [-0.2, 0) is 14.3 Å². The minimum Gasteiger partial charge on any atom is -0.462 e. The molecule has 0 heterocycles. The van der Waals surface area contributed by atoms with Gasteiger partial charge in [-0.25, -0.2) is 9.59 Å². The van der Waals surface area contributed by atoms with E-state index >= 15 is 0 Å². The van der Waals surface area contributed by atoms with Crippen LogP contribution in [0.4, 0.5) is 4.79 Å². The van der Waals surface area contributed by atoms with Gasteiger partial charge in [0, 0.05) is 0 Å². The van der Waals surface area contributed by atoms with Crippen molar-refractivity contribution in [1.82, 2.24) is 5.32 Å². The summed E-state index contributed by atoms with van der Waals surface area (Å²) in [6.45, 7) is 1.67. The number of carbonyl (C=O) groups excluding carboxylic acids is 2. The lowest BCUT2D eigenvalue weighted by atomic mass is 10.0. The van der Waals surface area contributed by atoms with Gasteiger partial charge in [-0.05, 0) is 12.5 Å². The Morgan fingerprint density at radius 3 is 2.50 bits per heavy atom. The average Bonchev–Trinajstić information content (AvgIpc) is 2.47. The highest BCUT2D eigenvalue weighted by atomic mass is 79.9. The van der Waals surface area contributed by atoms with Gasteiger partial charge in [-0.2, -0.15) is 0 Å². The van der Waals surface area contributed by atoms with E-state index in [1.807, 2.05) is 0 Å².